The van der Waals surface area contributed by atoms with E-state index in [9.17, 15) is 4.79 Å². The summed E-state index contributed by atoms with van der Waals surface area (Å²) in [5, 5.41) is 6.49. The molecule has 5 heterocycles. The van der Waals surface area contributed by atoms with E-state index in [1.807, 2.05) is 35.0 Å². The van der Waals surface area contributed by atoms with E-state index >= 15 is 0 Å². The van der Waals surface area contributed by atoms with E-state index in [1.165, 1.54) is 25.9 Å². The molecule has 0 N–H and O–H groups in total. The number of piperazine rings is 1. The molecule has 0 aliphatic carbocycles. The van der Waals surface area contributed by atoms with Gasteiger partial charge >= 0.3 is 0 Å². The molecule has 2 aromatic heterocycles. The molecular formula is C26H34ClN7OS. The van der Waals surface area contributed by atoms with Gasteiger partial charge in [-0.2, -0.15) is 0 Å². The van der Waals surface area contributed by atoms with Crippen molar-refractivity contribution >= 4 is 38.9 Å². The monoisotopic (exact) mass is 527 g/mol. The first-order valence-corrected chi connectivity index (χ1v) is 14.3. The third-order valence-corrected chi connectivity index (χ3v) is 9.35. The van der Waals surface area contributed by atoms with Gasteiger partial charge in [-0.25, -0.2) is 9.50 Å². The Morgan fingerprint density at radius 1 is 0.944 bits per heavy atom. The Bertz CT molecular complexity index is 1160. The van der Waals surface area contributed by atoms with Crippen LogP contribution in [0.2, 0.25) is 5.02 Å². The zero-order valence-electron chi connectivity index (χ0n) is 20.9. The molecule has 0 spiro atoms. The molecule has 3 fully saturated rings. The van der Waals surface area contributed by atoms with Gasteiger partial charge < -0.3 is 14.7 Å². The maximum atomic E-state index is 13.3. The first-order valence-electron chi connectivity index (χ1n) is 13.1. The summed E-state index contributed by atoms with van der Waals surface area (Å²) in [5.74, 6) is 0.496. The number of benzene rings is 1. The van der Waals surface area contributed by atoms with Crippen LogP contribution in [-0.4, -0.2) is 101 Å². The fourth-order valence-electron chi connectivity index (χ4n) is 5.82. The Kier molecular flexibility index (Phi) is 6.90. The number of imidazole rings is 1. The molecule has 8 nitrogen and oxygen atoms in total. The number of carbonyl (C=O) groups is 1. The molecule has 3 aromatic rings. The van der Waals surface area contributed by atoms with Crippen molar-refractivity contribution in [3.05, 3.63) is 35.5 Å². The van der Waals surface area contributed by atoms with Crippen LogP contribution in [0.25, 0.3) is 16.2 Å². The van der Waals surface area contributed by atoms with Gasteiger partial charge in [0.25, 0.3) is 0 Å². The summed E-state index contributed by atoms with van der Waals surface area (Å²) >= 11 is 7.62. The summed E-state index contributed by atoms with van der Waals surface area (Å²) < 4.78 is 1.87. The highest BCUT2D eigenvalue weighted by atomic mass is 35.5. The highest BCUT2D eigenvalue weighted by Crippen LogP contribution is 2.31. The van der Waals surface area contributed by atoms with E-state index in [4.69, 9.17) is 21.7 Å². The van der Waals surface area contributed by atoms with Crippen LogP contribution in [0.1, 0.15) is 25.7 Å². The lowest BCUT2D eigenvalue weighted by molar-refractivity contribution is -0.138. The van der Waals surface area contributed by atoms with Crippen LogP contribution in [0, 0.1) is 5.92 Å². The molecule has 0 atom stereocenters. The summed E-state index contributed by atoms with van der Waals surface area (Å²) in [6, 6.07) is 8.41. The summed E-state index contributed by atoms with van der Waals surface area (Å²) in [6.45, 7) is 7.93. The molecule has 1 amide bonds. The van der Waals surface area contributed by atoms with Crippen molar-refractivity contribution in [3.8, 4) is 11.3 Å². The second kappa shape index (κ2) is 10.3. The van der Waals surface area contributed by atoms with Crippen molar-refractivity contribution in [2.24, 2.45) is 5.92 Å². The molecule has 10 heteroatoms. The Morgan fingerprint density at radius 2 is 1.64 bits per heavy atom. The maximum absolute atomic E-state index is 13.3. The van der Waals surface area contributed by atoms with E-state index in [-0.39, 0.29) is 5.92 Å². The normalized spacial score (nSPS) is 21.5. The molecule has 3 saturated heterocycles. The van der Waals surface area contributed by atoms with Crippen LogP contribution in [0.3, 0.4) is 0 Å². The van der Waals surface area contributed by atoms with Gasteiger partial charge in [-0.1, -0.05) is 35.1 Å². The lowest BCUT2D eigenvalue weighted by Gasteiger charge is -2.43. The summed E-state index contributed by atoms with van der Waals surface area (Å²) in [5.41, 5.74) is 1.93. The van der Waals surface area contributed by atoms with E-state index < -0.39 is 0 Å². The smallest absolute Gasteiger partial charge is 0.225 e. The van der Waals surface area contributed by atoms with Gasteiger partial charge in [-0.15, -0.1) is 5.10 Å². The van der Waals surface area contributed by atoms with Gasteiger partial charge in [-0.05, 0) is 58.0 Å². The quantitative estimate of drug-likeness (QED) is 0.517. The molecule has 1 aromatic carbocycles. The van der Waals surface area contributed by atoms with E-state index in [0.717, 1.165) is 78.5 Å². The van der Waals surface area contributed by atoms with Gasteiger partial charge in [0.2, 0.25) is 16.0 Å². The van der Waals surface area contributed by atoms with Crippen molar-refractivity contribution in [2.75, 3.05) is 64.3 Å². The van der Waals surface area contributed by atoms with Crippen molar-refractivity contribution in [1.29, 1.82) is 0 Å². The highest BCUT2D eigenvalue weighted by molar-refractivity contribution is 7.20. The number of likely N-dealkylation sites (tertiary alicyclic amines) is 1. The number of piperidine rings is 2. The first-order chi connectivity index (χ1) is 17.5. The van der Waals surface area contributed by atoms with Crippen molar-refractivity contribution < 1.29 is 4.79 Å². The fourth-order valence-corrected chi connectivity index (χ4v) is 6.88. The second-order valence-electron chi connectivity index (χ2n) is 10.4. The molecule has 0 saturated carbocycles. The molecular weight excluding hydrogens is 494 g/mol. The average molecular weight is 528 g/mol. The summed E-state index contributed by atoms with van der Waals surface area (Å²) in [4.78, 5) is 28.4. The van der Waals surface area contributed by atoms with Crippen LogP contribution >= 0.6 is 22.9 Å². The van der Waals surface area contributed by atoms with Gasteiger partial charge in [0.05, 0.1) is 11.9 Å². The predicted octanol–water partition coefficient (Wildman–Crippen LogP) is 3.57. The van der Waals surface area contributed by atoms with Crippen LogP contribution in [0.5, 0.6) is 0 Å². The van der Waals surface area contributed by atoms with Crippen LogP contribution in [0.4, 0.5) is 5.13 Å². The zero-order chi connectivity index (χ0) is 24.6. The molecule has 192 valence electrons. The Labute approximate surface area is 221 Å². The molecule has 0 radical (unpaired) electrons. The fraction of sp³-hybridized carbons (Fsp3) is 0.577. The lowest BCUT2D eigenvalue weighted by Crippen LogP contribution is -2.55. The number of anilines is 1. The van der Waals surface area contributed by atoms with Gasteiger partial charge in [-0.3, -0.25) is 9.69 Å². The van der Waals surface area contributed by atoms with Crippen molar-refractivity contribution in [2.45, 2.75) is 31.7 Å². The molecule has 0 unspecified atom stereocenters. The van der Waals surface area contributed by atoms with Gasteiger partial charge in [0, 0.05) is 61.8 Å². The zero-order valence-corrected chi connectivity index (χ0v) is 22.4. The first kappa shape index (κ1) is 24.2. The highest BCUT2D eigenvalue weighted by Gasteiger charge is 2.33. The van der Waals surface area contributed by atoms with E-state index in [1.54, 1.807) is 11.3 Å². The minimum absolute atomic E-state index is 0.136. The number of halogens is 1. The van der Waals surface area contributed by atoms with Crippen LogP contribution < -0.4 is 4.90 Å². The number of rotatable bonds is 4. The van der Waals surface area contributed by atoms with E-state index in [0.29, 0.717) is 11.9 Å². The summed E-state index contributed by atoms with van der Waals surface area (Å²) in [6.07, 6.45) is 6.28. The largest absolute Gasteiger partial charge is 0.347 e. The minimum atomic E-state index is 0.136. The van der Waals surface area contributed by atoms with Crippen molar-refractivity contribution in [1.82, 2.24) is 29.3 Å². The molecule has 36 heavy (non-hydrogen) atoms. The molecule has 6 rings (SSSR count). The second-order valence-corrected chi connectivity index (χ2v) is 11.8. The summed E-state index contributed by atoms with van der Waals surface area (Å²) in [7, 11) is 2.21. The number of hydrogen-bond donors (Lipinski definition) is 0. The minimum Gasteiger partial charge on any atom is -0.347 e. The number of amides is 1. The topological polar surface area (TPSA) is 60.2 Å². The van der Waals surface area contributed by atoms with Gasteiger partial charge in [0.15, 0.2) is 0 Å². The standard InChI is InChI=1S/C26H34ClN7OS/c1-30-10-8-22(9-11-30)31-14-16-32(17-15-31)24(35)20-6-12-33(13-7-20)26-29-34-18-23(28-25(34)36-26)19-2-4-21(27)5-3-19/h2-5,18,20,22H,6-17H2,1H3. The molecule has 3 aliphatic rings. The number of carbonyl (C=O) groups excluding carboxylic acids is 1. The maximum Gasteiger partial charge on any atom is 0.225 e. The van der Waals surface area contributed by atoms with Crippen LogP contribution in [0.15, 0.2) is 30.5 Å². The number of hydrogen-bond acceptors (Lipinski definition) is 7. The number of nitrogens with zero attached hydrogens (tertiary/aromatic N) is 7. The molecule has 3 aliphatic heterocycles. The van der Waals surface area contributed by atoms with Gasteiger partial charge in [0.1, 0.15) is 0 Å². The van der Waals surface area contributed by atoms with E-state index in [2.05, 4.69) is 26.6 Å². The predicted molar refractivity (Wildman–Crippen MR) is 145 cm³/mol. The third-order valence-electron chi connectivity index (χ3n) is 8.12. The Balaban J connectivity index is 1.01. The SMILES string of the molecule is CN1CCC(N2CCN(C(=O)C3CCN(c4nn5cc(-c6ccc(Cl)cc6)nc5s4)CC3)CC2)CC1. The third kappa shape index (κ3) is 4.98. The average Bonchev–Trinajstić information content (AvgIpc) is 3.49. The Morgan fingerprint density at radius 3 is 2.31 bits per heavy atom. The Hall–Kier alpha value is -2.20. The van der Waals surface area contributed by atoms with Crippen LogP contribution in [-0.2, 0) is 4.79 Å². The molecule has 0 bridgehead atoms. The number of aromatic nitrogens is 3. The lowest BCUT2D eigenvalue weighted by atomic mass is 9.95. The van der Waals surface area contributed by atoms with Crippen molar-refractivity contribution in [3.63, 3.8) is 0 Å². The number of fused-ring (bicyclic) bond motifs is 1.